The zero-order chi connectivity index (χ0) is 23.6. The number of H-pyrrole nitrogens is 1. The van der Waals surface area contributed by atoms with Crippen molar-refractivity contribution in [1.82, 2.24) is 9.97 Å². The number of ether oxygens (including phenoxy) is 2. The van der Waals surface area contributed by atoms with E-state index in [1.165, 1.54) is 12.0 Å². The van der Waals surface area contributed by atoms with Crippen LogP contribution in [0.4, 0.5) is 5.82 Å². The van der Waals surface area contributed by atoms with E-state index in [4.69, 9.17) is 26.8 Å². The van der Waals surface area contributed by atoms with Gasteiger partial charge in [-0.2, -0.15) is 4.98 Å². The van der Waals surface area contributed by atoms with Gasteiger partial charge in [-0.05, 0) is 45.0 Å². The van der Waals surface area contributed by atoms with Crippen LogP contribution in [0.1, 0.15) is 37.6 Å². The van der Waals surface area contributed by atoms with Crippen LogP contribution in [0.2, 0.25) is 5.02 Å². The third-order valence-electron chi connectivity index (χ3n) is 4.79. The molecule has 0 aliphatic rings. The van der Waals surface area contributed by atoms with E-state index in [9.17, 15) is 9.59 Å². The summed E-state index contributed by atoms with van der Waals surface area (Å²) in [6.45, 7) is 5.70. The number of nitrogens with one attached hydrogen (secondary N) is 1. The van der Waals surface area contributed by atoms with Gasteiger partial charge in [0.25, 0.3) is 0 Å². The quantitative estimate of drug-likeness (QED) is 0.536. The Morgan fingerprint density at radius 2 is 1.94 bits per heavy atom. The Hall–Kier alpha value is -3.10. The van der Waals surface area contributed by atoms with Gasteiger partial charge in [0.1, 0.15) is 11.4 Å². The summed E-state index contributed by atoms with van der Waals surface area (Å²) >= 11 is 6.56. The fourth-order valence-electron chi connectivity index (χ4n) is 3.25. The SMILES string of the molecule is COc1nc(N(C)C(=O)CCN)ccc1-c1cc2c(C(=O)OC(C)(C)C)c[nH]c2cc1Cl. The van der Waals surface area contributed by atoms with Crippen LogP contribution in [0.5, 0.6) is 5.88 Å². The van der Waals surface area contributed by atoms with E-state index in [1.807, 2.05) is 20.8 Å². The molecule has 0 atom stereocenters. The first-order valence-electron chi connectivity index (χ1n) is 10.1. The number of pyridine rings is 1. The second-order valence-corrected chi connectivity index (χ2v) is 8.71. The molecule has 0 fully saturated rings. The minimum Gasteiger partial charge on any atom is -0.480 e. The maximum absolute atomic E-state index is 12.7. The van der Waals surface area contributed by atoms with E-state index >= 15 is 0 Å². The maximum atomic E-state index is 12.7. The maximum Gasteiger partial charge on any atom is 0.340 e. The first-order valence-corrected chi connectivity index (χ1v) is 10.5. The molecule has 0 saturated carbocycles. The molecule has 2 aromatic heterocycles. The van der Waals surface area contributed by atoms with Crippen LogP contribution < -0.4 is 15.4 Å². The van der Waals surface area contributed by atoms with Crippen LogP contribution >= 0.6 is 11.6 Å². The van der Waals surface area contributed by atoms with Gasteiger partial charge >= 0.3 is 5.97 Å². The molecule has 0 saturated heterocycles. The number of nitrogens with two attached hydrogens (primary N) is 1. The van der Waals surface area contributed by atoms with Crippen LogP contribution in [-0.4, -0.2) is 48.1 Å². The molecular weight excluding hydrogens is 432 g/mol. The van der Waals surface area contributed by atoms with Crippen molar-refractivity contribution in [3.8, 4) is 17.0 Å². The minimum atomic E-state index is -0.619. The van der Waals surface area contributed by atoms with Gasteiger partial charge in [0.15, 0.2) is 0 Å². The number of methoxy groups -OCH3 is 1. The van der Waals surface area contributed by atoms with Crippen LogP contribution in [0, 0.1) is 0 Å². The molecular formula is C23H27ClN4O4. The number of halogens is 1. The van der Waals surface area contributed by atoms with Gasteiger partial charge < -0.3 is 20.2 Å². The number of aromatic nitrogens is 2. The number of hydrogen-bond acceptors (Lipinski definition) is 6. The Morgan fingerprint density at radius 1 is 1.22 bits per heavy atom. The monoisotopic (exact) mass is 458 g/mol. The number of fused-ring (bicyclic) bond motifs is 1. The molecule has 0 bridgehead atoms. The summed E-state index contributed by atoms with van der Waals surface area (Å²) in [5, 5.41) is 1.12. The van der Waals surface area contributed by atoms with Gasteiger partial charge in [0, 0.05) is 48.2 Å². The van der Waals surface area contributed by atoms with E-state index in [0.29, 0.717) is 44.3 Å². The summed E-state index contributed by atoms with van der Waals surface area (Å²) < 4.78 is 11.0. The third kappa shape index (κ3) is 4.87. The van der Waals surface area contributed by atoms with Gasteiger partial charge in [-0.1, -0.05) is 11.6 Å². The second kappa shape index (κ2) is 9.18. The fourth-order valence-corrected chi connectivity index (χ4v) is 3.51. The zero-order valence-electron chi connectivity index (χ0n) is 18.8. The average Bonchev–Trinajstić information content (AvgIpc) is 3.14. The lowest BCUT2D eigenvalue weighted by Gasteiger charge is -2.19. The number of rotatable bonds is 6. The van der Waals surface area contributed by atoms with Crippen molar-refractivity contribution >= 4 is 40.2 Å². The smallest absolute Gasteiger partial charge is 0.340 e. The number of nitrogens with zero attached hydrogens (tertiary/aromatic N) is 2. The molecule has 2 heterocycles. The molecule has 3 aromatic rings. The lowest BCUT2D eigenvalue weighted by atomic mass is 10.0. The normalized spacial score (nSPS) is 11.5. The molecule has 3 N–H and O–H groups in total. The van der Waals surface area contributed by atoms with E-state index in [-0.39, 0.29) is 18.9 Å². The highest BCUT2D eigenvalue weighted by Crippen LogP contribution is 2.38. The Kier molecular flexibility index (Phi) is 6.76. The molecule has 1 amide bonds. The first-order chi connectivity index (χ1) is 15.1. The van der Waals surface area contributed by atoms with Crippen molar-refractivity contribution in [2.75, 3.05) is 25.6 Å². The summed E-state index contributed by atoms with van der Waals surface area (Å²) in [7, 11) is 3.12. The highest BCUT2D eigenvalue weighted by molar-refractivity contribution is 6.34. The van der Waals surface area contributed by atoms with E-state index in [2.05, 4.69) is 9.97 Å². The molecule has 32 heavy (non-hydrogen) atoms. The minimum absolute atomic E-state index is 0.149. The summed E-state index contributed by atoms with van der Waals surface area (Å²) in [6.07, 6.45) is 1.82. The fraction of sp³-hybridized carbons (Fsp3) is 0.348. The standard InChI is InChI=1S/C23H27ClN4O4/c1-23(2,3)32-22(30)16-12-26-18-11-17(24)14(10-15(16)18)13-6-7-19(27-21(13)31-5)28(4)20(29)8-9-25/h6-7,10-12,26H,8-9,25H2,1-5H3. The van der Waals surface area contributed by atoms with Crippen molar-refractivity contribution in [1.29, 1.82) is 0 Å². The molecule has 0 aliphatic carbocycles. The number of aromatic amines is 1. The number of benzene rings is 1. The van der Waals surface area contributed by atoms with Crippen molar-refractivity contribution in [2.45, 2.75) is 32.8 Å². The molecule has 9 heteroatoms. The predicted molar refractivity (Wildman–Crippen MR) is 125 cm³/mol. The Balaban J connectivity index is 2.07. The van der Waals surface area contributed by atoms with E-state index in [0.717, 1.165) is 0 Å². The third-order valence-corrected chi connectivity index (χ3v) is 5.11. The largest absolute Gasteiger partial charge is 0.480 e. The number of hydrogen-bond donors (Lipinski definition) is 2. The molecule has 8 nitrogen and oxygen atoms in total. The van der Waals surface area contributed by atoms with Crippen LogP contribution in [-0.2, 0) is 9.53 Å². The molecule has 0 aliphatic heterocycles. The summed E-state index contributed by atoms with van der Waals surface area (Å²) in [6, 6.07) is 7.03. The lowest BCUT2D eigenvalue weighted by Crippen LogP contribution is -2.28. The van der Waals surface area contributed by atoms with Crippen molar-refractivity contribution in [3.63, 3.8) is 0 Å². The Bertz CT molecular complexity index is 1170. The zero-order valence-corrected chi connectivity index (χ0v) is 19.5. The molecule has 170 valence electrons. The van der Waals surface area contributed by atoms with Crippen molar-refractivity contribution < 1.29 is 19.1 Å². The first kappa shape index (κ1) is 23.6. The number of carbonyl (C=O) groups excluding carboxylic acids is 2. The summed E-state index contributed by atoms with van der Waals surface area (Å²) in [4.78, 5) is 33.8. The van der Waals surface area contributed by atoms with Gasteiger partial charge in [-0.3, -0.25) is 9.69 Å². The summed E-state index contributed by atoms with van der Waals surface area (Å²) in [5.74, 6) is 0.143. The molecule has 0 spiro atoms. The van der Waals surface area contributed by atoms with E-state index < -0.39 is 11.6 Å². The van der Waals surface area contributed by atoms with E-state index in [1.54, 1.807) is 37.5 Å². The topological polar surface area (TPSA) is 111 Å². The van der Waals surface area contributed by atoms with Crippen LogP contribution in [0.3, 0.4) is 0 Å². The van der Waals surface area contributed by atoms with Gasteiger partial charge in [0.2, 0.25) is 11.8 Å². The molecule has 3 rings (SSSR count). The molecule has 0 unspecified atom stereocenters. The Labute approximate surface area is 191 Å². The predicted octanol–water partition coefficient (Wildman–Crippen LogP) is 4.16. The van der Waals surface area contributed by atoms with Gasteiger partial charge in [-0.15, -0.1) is 0 Å². The van der Waals surface area contributed by atoms with Gasteiger partial charge in [-0.25, -0.2) is 4.79 Å². The van der Waals surface area contributed by atoms with Gasteiger partial charge in [0.05, 0.1) is 17.7 Å². The molecule has 0 radical (unpaired) electrons. The summed E-state index contributed by atoms with van der Waals surface area (Å²) in [5.41, 5.74) is 7.23. The lowest BCUT2D eigenvalue weighted by molar-refractivity contribution is -0.118. The Morgan fingerprint density at radius 3 is 2.56 bits per heavy atom. The number of amides is 1. The molecule has 1 aromatic carbocycles. The number of carbonyl (C=O) groups is 2. The number of esters is 1. The van der Waals surface area contributed by atoms with Crippen LogP contribution in [0.25, 0.3) is 22.0 Å². The average molecular weight is 459 g/mol. The van der Waals surface area contributed by atoms with Crippen molar-refractivity contribution in [2.24, 2.45) is 5.73 Å². The van der Waals surface area contributed by atoms with Crippen LogP contribution in [0.15, 0.2) is 30.5 Å². The highest BCUT2D eigenvalue weighted by atomic mass is 35.5. The second-order valence-electron chi connectivity index (χ2n) is 8.30. The van der Waals surface area contributed by atoms with Crippen molar-refractivity contribution in [3.05, 3.63) is 41.0 Å². The highest BCUT2D eigenvalue weighted by Gasteiger charge is 2.23. The number of anilines is 1.